The molecule has 3 aromatic heterocycles. The van der Waals surface area contributed by atoms with Gasteiger partial charge in [0.25, 0.3) is 5.91 Å². The average molecular weight is 567 g/mol. The third-order valence-corrected chi connectivity index (χ3v) is 7.51. The number of hydrogen-bond donors (Lipinski definition) is 4. The van der Waals surface area contributed by atoms with E-state index in [9.17, 15) is 14.0 Å². The van der Waals surface area contributed by atoms with E-state index in [1.807, 2.05) is 27.2 Å². The second-order valence-corrected chi connectivity index (χ2v) is 11.3. The van der Waals surface area contributed by atoms with Gasteiger partial charge in [-0.1, -0.05) is 0 Å². The molecule has 2 fully saturated rings. The van der Waals surface area contributed by atoms with E-state index in [0.29, 0.717) is 17.5 Å². The summed E-state index contributed by atoms with van der Waals surface area (Å²) in [6.45, 7) is 1.67. The van der Waals surface area contributed by atoms with Crippen LogP contribution in [0.25, 0.3) is 5.65 Å². The molecule has 2 saturated carbocycles. The van der Waals surface area contributed by atoms with Gasteiger partial charge < -0.3 is 31.1 Å². The number of amides is 3. The van der Waals surface area contributed by atoms with Crippen molar-refractivity contribution in [1.82, 2.24) is 34.7 Å². The van der Waals surface area contributed by atoms with Crippen LogP contribution in [0.5, 0.6) is 0 Å². The lowest BCUT2D eigenvalue weighted by molar-refractivity contribution is 0.102. The molecular weight excluding hydrogens is 527 g/mol. The minimum Gasteiger partial charge on any atom is -0.379 e. The number of urea groups is 1. The normalized spacial score (nSPS) is 18.8. The first-order valence-electron chi connectivity index (χ1n) is 14.3. The van der Waals surface area contributed by atoms with Crippen LogP contribution in [0.2, 0.25) is 0 Å². The highest BCUT2D eigenvalue weighted by molar-refractivity contribution is 6.03. The van der Waals surface area contributed by atoms with Crippen molar-refractivity contribution in [3.63, 3.8) is 0 Å². The fourth-order valence-electron chi connectivity index (χ4n) is 5.01. The van der Waals surface area contributed by atoms with E-state index in [4.69, 9.17) is 5.10 Å². The lowest BCUT2D eigenvalue weighted by Gasteiger charge is -2.31. The van der Waals surface area contributed by atoms with Gasteiger partial charge in [0.2, 0.25) is 0 Å². The number of nitrogens with zero attached hydrogens (tertiary/aromatic N) is 6. The van der Waals surface area contributed by atoms with E-state index in [2.05, 4.69) is 36.1 Å². The maximum absolute atomic E-state index is 14.1. The zero-order valence-electron chi connectivity index (χ0n) is 23.9. The van der Waals surface area contributed by atoms with Crippen LogP contribution in [-0.2, 0) is 0 Å². The lowest BCUT2D eigenvalue weighted by Crippen LogP contribution is -2.46. The van der Waals surface area contributed by atoms with Gasteiger partial charge in [0, 0.05) is 44.0 Å². The summed E-state index contributed by atoms with van der Waals surface area (Å²) in [6, 6.07) is 3.98. The highest BCUT2D eigenvalue weighted by Gasteiger charge is 2.27. The van der Waals surface area contributed by atoms with Crippen LogP contribution >= 0.6 is 0 Å². The van der Waals surface area contributed by atoms with Crippen molar-refractivity contribution >= 4 is 34.8 Å². The van der Waals surface area contributed by atoms with Gasteiger partial charge in [-0.25, -0.2) is 18.7 Å². The molecule has 3 aromatic rings. The van der Waals surface area contributed by atoms with Gasteiger partial charge in [-0.05, 0) is 71.7 Å². The number of aromatic nitrogens is 4. The van der Waals surface area contributed by atoms with Crippen molar-refractivity contribution in [2.45, 2.75) is 63.1 Å². The summed E-state index contributed by atoms with van der Waals surface area (Å²) in [4.78, 5) is 37.7. The van der Waals surface area contributed by atoms with E-state index in [0.717, 1.165) is 69.9 Å². The lowest BCUT2D eigenvalue weighted by atomic mass is 9.91. The molecule has 0 bridgehead atoms. The highest BCUT2D eigenvalue weighted by atomic mass is 19.1. The Labute approximate surface area is 239 Å². The smallest absolute Gasteiger partial charge is 0.317 e. The molecule has 5 rings (SSSR count). The van der Waals surface area contributed by atoms with Crippen LogP contribution in [0.4, 0.5) is 26.4 Å². The Morgan fingerprint density at radius 1 is 0.976 bits per heavy atom. The van der Waals surface area contributed by atoms with Gasteiger partial charge in [0.1, 0.15) is 5.82 Å². The first-order valence-corrected chi connectivity index (χ1v) is 14.3. The Morgan fingerprint density at radius 3 is 2.39 bits per heavy atom. The second-order valence-electron chi connectivity index (χ2n) is 11.3. The molecule has 2 aliphatic rings. The second kappa shape index (κ2) is 12.7. The Hall–Kier alpha value is -4.00. The molecule has 3 heterocycles. The maximum atomic E-state index is 14.1. The highest BCUT2D eigenvalue weighted by Crippen LogP contribution is 2.30. The standard InChI is InChI=1S/C28H39FN10O2/c1-37(2)13-4-14-38(3)28(41)34-20-9-7-19(8-10-20)33-25-15-23(32-18-5-6-18)26-31-17-24(39(26)36-25)27(40)35-22-11-12-30-16-21(22)29/h11-12,15-20,32H,4-10,13-14H2,1-3H3,(H,33,36)(H,34,41)(H,30,35,40)/t19-,20-. The first-order chi connectivity index (χ1) is 19.8. The quantitative estimate of drug-likeness (QED) is 0.278. The topological polar surface area (TPSA) is 132 Å². The molecule has 13 heteroatoms. The average Bonchev–Trinajstić information content (AvgIpc) is 3.65. The van der Waals surface area contributed by atoms with Crippen LogP contribution in [0, 0.1) is 5.82 Å². The van der Waals surface area contributed by atoms with Crippen molar-refractivity contribution in [3.8, 4) is 0 Å². The van der Waals surface area contributed by atoms with Crippen molar-refractivity contribution in [3.05, 3.63) is 42.2 Å². The van der Waals surface area contributed by atoms with Gasteiger partial charge in [0.05, 0.1) is 23.8 Å². The van der Waals surface area contributed by atoms with E-state index in [1.165, 1.54) is 23.0 Å². The Bertz CT molecular complexity index is 1370. The number of nitrogens with one attached hydrogen (secondary N) is 4. The first kappa shape index (κ1) is 28.5. The summed E-state index contributed by atoms with van der Waals surface area (Å²) in [7, 11) is 5.90. The molecule has 12 nitrogen and oxygen atoms in total. The molecule has 2 aliphatic carbocycles. The van der Waals surface area contributed by atoms with Crippen LogP contribution in [0.15, 0.2) is 30.7 Å². The summed E-state index contributed by atoms with van der Waals surface area (Å²) in [5.74, 6) is -0.521. The SMILES string of the molecule is CN(C)CCCN(C)C(=O)N[C@H]1CC[C@H](Nc2cc(NC3CC3)c3ncc(C(=O)Nc4ccncc4F)n3n2)CC1. The molecule has 4 N–H and O–H groups in total. The number of carbonyl (C=O) groups excluding carboxylic acids is 2. The molecule has 0 spiro atoms. The number of pyridine rings is 1. The third-order valence-electron chi connectivity index (χ3n) is 7.51. The third kappa shape index (κ3) is 7.40. The molecule has 0 aliphatic heterocycles. The predicted octanol–water partition coefficient (Wildman–Crippen LogP) is 3.41. The van der Waals surface area contributed by atoms with Gasteiger partial charge in [0.15, 0.2) is 17.2 Å². The van der Waals surface area contributed by atoms with Crippen molar-refractivity contribution < 1.29 is 14.0 Å². The summed E-state index contributed by atoms with van der Waals surface area (Å²) >= 11 is 0. The van der Waals surface area contributed by atoms with Crippen LogP contribution in [0.1, 0.15) is 55.4 Å². The summed E-state index contributed by atoms with van der Waals surface area (Å²) in [5.41, 5.74) is 1.55. The number of anilines is 3. The van der Waals surface area contributed by atoms with Crippen molar-refractivity contribution in [1.29, 1.82) is 0 Å². The molecular formula is C28H39FN10O2. The fraction of sp³-hybridized carbons (Fsp3) is 0.536. The van der Waals surface area contributed by atoms with Gasteiger partial charge in [-0.15, -0.1) is 5.10 Å². The minimum atomic E-state index is -0.621. The molecule has 0 radical (unpaired) electrons. The summed E-state index contributed by atoms with van der Waals surface area (Å²) in [5, 5.41) is 17.5. The fourth-order valence-corrected chi connectivity index (χ4v) is 5.01. The zero-order valence-corrected chi connectivity index (χ0v) is 23.9. The molecule has 0 unspecified atom stereocenters. The number of halogens is 1. The van der Waals surface area contributed by atoms with E-state index >= 15 is 0 Å². The molecule has 220 valence electrons. The zero-order chi connectivity index (χ0) is 28.9. The van der Waals surface area contributed by atoms with Crippen molar-refractivity contribution in [2.75, 3.05) is 50.2 Å². The van der Waals surface area contributed by atoms with Gasteiger partial charge in [-0.3, -0.25) is 9.78 Å². The Kier molecular flexibility index (Phi) is 8.81. The predicted molar refractivity (Wildman–Crippen MR) is 156 cm³/mol. The van der Waals surface area contributed by atoms with Crippen LogP contribution < -0.4 is 21.3 Å². The van der Waals surface area contributed by atoms with E-state index < -0.39 is 11.7 Å². The van der Waals surface area contributed by atoms with E-state index in [-0.39, 0.29) is 29.5 Å². The summed E-state index contributed by atoms with van der Waals surface area (Å²) < 4.78 is 15.6. The number of rotatable bonds is 11. The van der Waals surface area contributed by atoms with Gasteiger partial charge >= 0.3 is 6.03 Å². The number of carbonyl (C=O) groups is 2. The maximum Gasteiger partial charge on any atom is 0.317 e. The minimum absolute atomic E-state index is 0.0272. The number of fused-ring (bicyclic) bond motifs is 1. The summed E-state index contributed by atoms with van der Waals surface area (Å²) in [6.07, 6.45) is 10.5. The van der Waals surface area contributed by atoms with Crippen molar-refractivity contribution in [2.24, 2.45) is 0 Å². The molecule has 0 aromatic carbocycles. The Morgan fingerprint density at radius 2 is 1.68 bits per heavy atom. The molecule has 0 atom stereocenters. The molecule has 3 amide bonds. The molecule has 0 saturated heterocycles. The number of imidazole rings is 1. The Balaban J connectivity index is 1.23. The van der Waals surface area contributed by atoms with Crippen LogP contribution in [-0.4, -0.2) is 93.7 Å². The van der Waals surface area contributed by atoms with Crippen LogP contribution in [0.3, 0.4) is 0 Å². The monoisotopic (exact) mass is 566 g/mol. The van der Waals surface area contributed by atoms with E-state index in [1.54, 1.807) is 4.90 Å². The molecule has 41 heavy (non-hydrogen) atoms. The number of hydrogen-bond acceptors (Lipinski definition) is 8. The largest absolute Gasteiger partial charge is 0.379 e. The van der Waals surface area contributed by atoms with Gasteiger partial charge in [-0.2, -0.15) is 0 Å².